The Balaban J connectivity index is 2.21. The monoisotopic (exact) mass is 290 g/mol. The van der Waals surface area contributed by atoms with Crippen LogP contribution in [-0.2, 0) is 16.0 Å². The van der Waals surface area contributed by atoms with Crippen LogP contribution in [-0.4, -0.2) is 36.3 Å². The molecule has 0 aliphatic carbocycles. The highest BCUT2D eigenvalue weighted by molar-refractivity contribution is 5.78. The molecule has 116 valence electrons. The van der Waals surface area contributed by atoms with Crippen molar-refractivity contribution in [1.82, 2.24) is 10.2 Å². The molecular formula is C17H26N2O2. The number of hydrogen-bond acceptors (Lipinski definition) is 2. The van der Waals surface area contributed by atoms with Gasteiger partial charge in [-0.15, -0.1) is 0 Å². The molecule has 0 spiro atoms. The molecule has 1 rings (SSSR count). The Labute approximate surface area is 127 Å². The maximum absolute atomic E-state index is 11.8. The summed E-state index contributed by atoms with van der Waals surface area (Å²) in [6, 6.07) is 10.1. The lowest BCUT2D eigenvalue weighted by atomic mass is 10.1. The summed E-state index contributed by atoms with van der Waals surface area (Å²) in [5.74, 6) is 0.0502. The molecule has 0 radical (unpaired) electrons. The topological polar surface area (TPSA) is 49.4 Å². The second kappa shape index (κ2) is 9.97. The number of benzene rings is 1. The molecule has 0 saturated carbocycles. The molecule has 21 heavy (non-hydrogen) atoms. The number of unbranched alkanes of at least 4 members (excludes halogenated alkanes) is 1. The Kier molecular flexibility index (Phi) is 8.17. The van der Waals surface area contributed by atoms with Crippen molar-refractivity contribution in [2.24, 2.45) is 0 Å². The third-order valence-electron chi connectivity index (χ3n) is 3.41. The molecule has 4 heteroatoms. The number of carbonyl (C=O) groups is 2. The van der Waals surface area contributed by atoms with Crippen molar-refractivity contribution in [3.05, 3.63) is 35.9 Å². The van der Waals surface area contributed by atoms with Gasteiger partial charge in [0.1, 0.15) is 0 Å². The van der Waals surface area contributed by atoms with Crippen molar-refractivity contribution < 1.29 is 9.59 Å². The summed E-state index contributed by atoms with van der Waals surface area (Å²) >= 11 is 0. The van der Waals surface area contributed by atoms with Crippen molar-refractivity contribution in [2.45, 2.75) is 39.5 Å². The molecule has 0 aromatic heterocycles. The fourth-order valence-corrected chi connectivity index (χ4v) is 2.09. The Morgan fingerprint density at radius 1 is 1.14 bits per heavy atom. The Hall–Kier alpha value is -1.84. The molecule has 1 aromatic carbocycles. The second-order valence-electron chi connectivity index (χ2n) is 5.20. The fraction of sp³-hybridized carbons (Fsp3) is 0.529. The molecule has 0 aliphatic heterocycles. The standard InChI is InChI=1S/C17H26N2O2/c1-3-4-13-19(15(2)20)14-11-17(21)18-12-10-16-8-6-5-7-9-16/h5-9H,3-4,10-14H2,1-2H3,(H,18,21). The zero-order valence-corrected chi connectivity index (χ0v) is 13.1. The van der Waals surface area contributed by atoms with Gasteiger partial charge in [0, 0.05) is 33.0 Å². The lowest BCUT2D eigenvalue weighted by Gasteiger charge is -2.20. The van der Waals surface area contributed by atoms with Crippen LogP contribution in [0.3, 0.4) is 0 Å². The molecule has 0 atom stereocenters. The van der Waals surface area contributed by atoms with Gasteiger partial charge in [-0.2, -0.15) is 0 Å². The first-order chi connectivity index (χ1) is 10.1. The molecular weight excluding hydrogens is 264 g/mol. The van der Waals surface area contributed by atoms with E-state index in [4.69, 9.17) is 0 Å². The van der Waals surface area contributed by atoms with Crippen LogP contribution in [0.1, 0.15) is 38.7 Å². The van der Waals surface area contributed by atoms with E-state index in [1.54, 1.807) is 11.8 Å². The summed E-state index contributed by atoms with van der Waals surface area (Å²) in [5.41, 5.74) is 1.21. The van der Waals surface area contributed by atoms with Crippen molar-refractivity contribution in [2.75, 3.05) is 19.6 Å². The van der Waals surface area contributed by atoms with E-state index >= 15 is 0 Å². The molecule has 2 amide bonds. The quantitative estimate of drug-likeness (QED) is 0.759. The average Bonchev–Trinajstić information content (AvgIpc) is 2.48. The normalized spacial score (nSPS) is 10.2. The minimum Gasteiger partial charge on any atom is -0.356 e. The predicted octanol–water partition coefficient (Wildman–Crippen LogP) is 2.38. The van der Waals surface area contributed by atoms with Crippen molar-refractivity contribution in [3.8, 4) is 0 Å². The summed E-state index contributed by atoms with van der Waals surface area (Å²) in [6.07, 6.45) is 3.24. The lowest BCUT2D eigenvalue weighted by molar-refractivity contribution is -0.129. The van der Waals surface area contributed by atoms with Crippen LogP contribution in [0, 0.1) is 0 Å². The predicted molar refractivity (Wildman–Crippen MR) is 84.9 cm³/mol. The molecule has 0 heterocycles. The molecule has 4 nitrogen and oxygen atoms in total. The highest BCUT2D eigenvalue weighted by Gasteiger charge is 2.10. The summed E-state index contributed by atoms with van der Waals surface area (Å²) in [5, 5.41) is 2.90. The van der Waals surface area contributed by atoms with E-state index < -0.39 is 0 Å². The van der Waals surface area contributed by atoms with Gasteiger partial charge in [-0.1, -0.05) is 43.7 Å². The van der Waals surface area contributed by atoms with Gasteiger partial charge < -0.3 is 10.2 Å². The Morgan fingerprint density at radius 2 is 1.86 bits per heavy atom. The third-order valence-corrected chi connectivity index (χ3v) is 3.41. The molecule has 1 N–H and O–H groups in total. The maximum Gasteiger partial charge on any atom is 0.221 e. The summed E-state index contributed by atoms with van der Waals surface area (Å²) in [6.45, 7) is 5.53. The first kappa shape index (κ1) is 17.2. The van der Waals surface area contributed by atoms with Crippen LogP contribution in [0.5, 0.6) is 0 Å². The molecule has 0 saturated heterocycles. The van der Waals surface area contributed by atoms with E-state index in [1.807, 2.05) is 30.3 Å². The SMILES string of the molecule is CCCCN(CCC(=O)NCCc1ccccc1)C(C)=O. The van der Waals surface area contributed by atoms with Crippen LogP contribution in [0.15, 0.2) is 30.3 Å². The Morgan fingerprint density at radius 3 is 2.48 bits per heavy atom. The lowest BCUT2D eigenvalue weighted by Crippen LogP contribution is -2.35. The van der Waals surface area contributed by atoms with Gasteiger partial charge >= 0.3 is 0 Å². The maximum atomic E-state index is 11.8. The van der Waals surface area contributed by atoms with Gasteiger partial charge in [0.2, 0.25) is 11.8 Å². The zero-order valence-electron chi connectivity index (χ0n) is 13.1. The average molecular weight is 290 g/mol. The number of hydrogen-bond donors (Lipinski definition) is 1. The van der Waals surface area contributed by atoms with Crippen LogP contribution in [0.4, 0.5) is 0 Å². The van der Waals surface area contributed by atoms with Crippen molar-refractivity contribution >= 4 is 11.8 Å². The van der Waals surface area contributed by atoms with Crippen LogP contribution in [0.2, 0.25) is 0 Å². The third kappa shape index (κ3) is 7.49. The number of carbonyl (C=O) groups excluding carboxylic acids is 2. The first-order valence-corrected chi connectivity index (χ1v) is 7.69. The van der Waals surface area contributed by atoms with Gasteiger partial charge in [-0.3, -0.25) is 9.59 Å². The van der Waals surface area contributed by atoms with Gasteiger partial charge in [0.25, 0.3) is 0 Å². The molecule has 0 fully saturated rings. The van der Waals surface area contributed by atoms with Gasteiger partial charge in [0.15, 0.2) is 0 Å². The van der Waals surface area contributed by atoms with E-state index in [-0.39, 0.29) is 11.8 Å². The van der Waals surface area contributed by atoms with Gasteiger partial charge in [0.05, 0.1) is 0 Å². The highest BCUT2D eigenvalue weighted by Crippen LogP contribution is 2.00. The van der Waals surface area contributed by atoms with E-state index in [9.17, 15) is 9.59 Å². The van der Waals surface area contributed by atoms with Crippen molar-refractivity contribution in [1.29, 1.82) is 0 Å². The number of nitrogens with one attached hydrogen (secondary N) is 1. The van der Waals surface area contributed by atoms with Crippen LogP contribution in [0.25, 0.3) is 0 Å². The first-order valence-electron chi connectivity index (χ1n) is 7.69. The van der Waals surface area contributed by atoms with Crippen molar-refractivity contribution in [3.63, 3.8) is 0 Å². The number of amides is 2. The van der Waals surface area contributed by atoms with E-state index in [0.717, 1.165) is 25.8 Å². The highest BCUT2D eigenvalue weighted by atomic mass is 16.2. The van der Waals surface area contributed by atoms with Crippen LogP contribution < -0.4 is 5.32 Å². The second-order valence-corrected chi connectivity index (χ2v) is 5.20. The summed E-state index contributed by atoms with van der Waals surface area (Å²) < 4.78 is 0. The van der Waals surface area contributed by atoms with Crippen LogP contribution >= 0.6 is 0 Å². The minimum absolute atomic E-state index is 0.00804. The van der Waals surface area contributed by atoms with E-state index in [0.29, 0.717) is 19.5 Å². The van der Waals surface area contributed by atoms with Gasteiger partial charge in [-0.05, 0) is 18.4 Å². The smallest absolute Gasteiger partial charge is 0.221 e. The Bertz CT molecular complexity index is 432. The van der Waals surface area contributed by atoms with E-state index in [1.165, 1.54) is 5.56 Å². The summed E-state index contributed by atoms with van der Waals surface area (Å²) in [4.78, 5) is 25.0. The van der Waals surface area contributed by atoms with E-state index in [2.05, 4.69) is 12.2 Å². The molecule has 1 aromatic rings. The number of nitrogens with zero attached hydrogens (tertiary/aromatic N) is 1. The largest absolute Gasteiger partial charge is 0.356 e. The van der Waals surface area contributed by atoms with Gasteiger partial charge in [-0.25, -0.2) is 0 Å². The molecule has 0 bridgehead atoms. The molecule has 0 unspecified atom stereocenters. The summed E-state index contributed by atoms with van der Waals surface area (Å²) in [7, 11) is 0. The fourth-order valence-electron chi connectivity index (χ4n) is 2.09. The zero-order chi connectivity index (χ0) is 15.5. The molecule has 0 aliphatic rings. The number of rotatable bonds is 9. The minimum atomic E-state index is 0.00804.